The zero-order valence-corrected chi connectivity index (χ0v) is 12.7. The van der Waals surface area contributed by atoms with E-state index in [9.17, 15) is 9.90 Å². The van der Waals surface area contributed by atoms with Crippen LogP contribution in [0.15, 0.2) is 29.3 Å². The third-order valence-corrected chi connectivity index (χ3v) is 4.45. The Labute approximate surface area is 132 Å². The molecule has 1 fully saturated rings. The van der Waals surface area contributed by atoms with Gasteiger partial charge in [0.15, 0.2) is 5.65 Å². The molecule has 7 heteroatoms. The second kappa shape index (κ2) is 5.27. The highest BCUT2D eigenvalue weighted by molar-refractivity contribution is 5.79. The summed E-state index contributed by atoms with van der Waals surface area (Å²) in [6.07, 6.45) is 5.42. The number of pyridine rings is 1. The Morgan fingerprint density at radius 2 is 2.09 bits per heavy atom. The van der Waals surface area contributed by atoms with Gasteiger partial charge in [-0.2, -0.15) is 5.10 Å². The minimum atomic E-state index is -0.442. The van der Waals surface area contributed by atoms with Crippen LogP contribution in [0.1, 0.15) is 31.0 Å². The molecule has 2 atom stereocenters. The van der Waals surface area contributed by atoms with Crippen LogP contribution in [-0.4, -0.2) is 35.9 Å². The lowest BCUT2D eigenvalue weighted by Crippen LogP contribution is -2.20. The lowest BCUT2D eigenvalue weighted by Gasteiger charge is -2.15. The van der Waals surface area contributed by atoms with Gasteiger partial charge in [-0.25, -0.2) is 9.67 Å². The van der Waals surface area contributed by atoms with Gasteiger partial charge in [-0.15, -0.1) is 0 Å². The predicted molar refractivity (Wildman–Crippen MR) is 85.0 cm³/mol. The number of nitrogens with zero attached hydrogens (tertiary/aromatic N) is 4. The van der Waals surface area contributed by atoms with Crippen LogP contribution in [0.4, 0.5) is 0 Å². The third kappa shape index (κ3) is 2.24. The van der Waals surface area contributed by atoms with Crippen LogP contribution < -0.4 is 5.56 Å². The van der Waals surface area contributed by atoms with Gasteiger partial charge in [0.25, 0.3) is 5.56 Å². The van der Waals surface area contributed by atoms with E-state index in [1.807, 2.05) is 0 Å². The number of nitrogens with one attached hydrogen (secondary N) is 1. The number of H-pyrrole nitrogens is 1. The maximum atomic E-state index is 12.5. The number of aromatic amines is 1. The molecule has 0 radical (unpaired) electrons. The highest BCUT2D eigenvalue weighted by Gasteiger charge is 2.30. The Morgan fingerprint density at radius 3 is 2.78 bits per heavy atom. The first-order valence-corrected chi connectivity index (χ1v) is 7.73. The van der Waals surface area contributed by atoms with Gasteiger partial charge in [-0.3, -0.25) is 9.78 Å². The molecule has 3 aromatic heterocycles. The Hall–Kier alpha value is -2.54. The smallest absolute Gasteiger partial charge is 0.262 e. The van der Waals surface area contributed by atoms with Crippen LogP contribution in [0.25, 0.3) is 22.4 Å². The van der Waals surface area contributed by atoms with E-state index in [0.717, 1.165) is 24.8 Å². The van der Waals surface area contributed by atoms with Crippen molar-refractivity contribution in [1.82, 2.24) is 24.7 Å². The molecule has 0 aromatic carbocycles. The Bertz CT molecular complexity index is 915. The lowest BCUT2D eigenvalue weighted by molar-refractivity contribution is 0.132. The molecule has 23 heavy (non-hydrogen) atoms. The summed E-state index contributed by atoms with van der Waals surface area (Å²) in [7, 11) is 0. The van der Waals surface area contributed by atoms with Crippen LogP contribution in [0.2, 0.25) is 0 Å². The summed E-state index contributed by atoms with van der Waals surface area (Å²) < 4.78 is 1.72. The van der Waals surface area contributed by atoms with E-state index in [1.54, 1.807) is 36.1 Å². The second-order valence-electron chi connectivity index (χ2n) is 5.94. The Morgan fingerprint density at radius 1 is 1.30 bits per heavy atom. The molecule has 3 aromatic rings. The van der Waals surface area contributed by atoms with Gasteiger partial charge in [0.05, 0.1) is 17.8 Å². The molecule has 0 amide bonds. The number of aromatic nitrogens is 5. The van der Waals surface area contributed by atoms with Gasteiger partial charge in [0, 0.05) is 18.0 Å². The molecular weight excluding hydrogens is 294 g/mol. The van der Waals surface area contributed by atoms with Gasteiger partial charge in [-0.1, -0.05) is 0 Å². The quantitative estimate of drug-likeness (QED) is 0.749. The van der Waals surface area contributed by atoms with Gasteiger partial charge >= 0.3 is 0 Å². The van der Waals surface area contributed by atoms with Crippen molar-refractivity contribution >= 4 is 11.0 Å². The number of aryl methyl sites for hydroxylation is 1. The number of rotatable bonds is 2. The van der Waals surface area contributed by atoms with Crippen molar-refractivity contribution in [3.8, 4) is 11.4 Å². The number of fused-ring (bicyclic) bond motifs is 1. The first kappa shape index (κ1) is 14.1. The van der Waals surface area contributed by atoms with Gasteiger partial charge in [0.2, 0.25) is 0 Å². The molecule has 4 rings (SSSR count). The molecule has 2 N–H and O–H groups in total. The van der Waals surface area contributed by atoms with E-state index in [0.29, 0.717) is 22.6 Å². The second-order valence-corrected chi connectivity index (χ2v) is 5.94. The summed E-state index contributed by atoms with van der Waals surface area (Å²) in [6.45, 7) is 1.79. The highest BCUT2D eigenvalue weighted by atomic mass is 16.3. The van der Waals surface area contributed by atoms with Crippen LogP contribution in [-0.2, 0) is 0 Å². The summed E-state index contributed by atoms with van der Waals surface area (Å²) in [5.41, 5.74) is 1.74. The molecule has 3 heterocycles. The monoisotopic (exact) mass is 311 g/mol. The van der Waals surface area contributed by atoms with E-state index in [1.165, 1.54) is 0 Å². The van der Waals surface area contributed by atoms with E-state index >= 15 is 0 Å². The molecule has 0 spiro atoms. The van der Waals surface area contributed by atoms with Gasteiger partial charge < -0.3 is 10.1 Å². The van der Waals surface area contributed by atoms with Crippen molar-refractivity contribution in [2.75, 3.05) is 0 Å². The van der Waals surface area contributed by atoms with E-state index in [-0.39, 0.29) is 11.6 Å². The number of hydrogen-bond donors (Lipinski definition) is 2. The summed E-state index contributed by atoms with van der Waals surface area (Å²) in [6, 6.07) is 3.47. The molecule has 1 saturated carbocycles. The fraction of sp³-hybridized carbons (Fsp3) is 0.375. The Balaban J connectivity index is 1.95. The highest BCUT2D eigenvalue weighted by Crippen LogP contribution is 2.32. The van der Waals surface area contributed by atoms with Gasteiger partial charge in [-0.05, 0) is 38.3 Å². The van der Waals surface area contributed by atoms with Crippen LogP contribution in [0.5, 0.6) is 0 Å². The van der Waals surface area contributed by atoms with Crippen molar-refractivity contribution in [1.29, 1.82) is 0 Å². The summed E-state index contributed by atoms with van der Waals surface area (Å²) in [5, 5.41) is 15.2. The minimum Gasteiger partial charge on any atom is -0.391 e. The first-order chi connectivity index (χ1) is 11.1. The topological polar surface area (TPSA) is 96.7 Å². The minimum absolute atomic E-state index is 0.120. The molecule has 0 aliphatic heterocycles. The number of aliphatic hydroxyl groups excluding tert-OH is 1. The summed E-state index contributed by atoms with van der Waals surface area (Å²) in [5.74, 6) is 0.485. The maximum absolute atomic E-state index is 12.5. The van der Waals surface area contributed by atoms with Crippen molar-refractivity contribution in [2.24, 2.45) is 0 Å². The molecule has 118 valence electrons. The van der Waals surface area contributed by atoms with Crippen LogP contribution >= 0.6 is 0 Å². The van der Waals surface area contributed by atoms with Crippen molar-refractivity contribution < 1.29 is 5.11 Å². The number of hydrogen-bond acceptors (Lipinski definition) is 5. The molecule has 0 bridgehead atoms. The van der Waals surface area contributed by atoms with Crippen LogP contribution in [0.3, 0.4) is 0 Å². The SMILES string of the molecule is Cc1nn(C2CCCC2O)c2nc(-c3ccncc3)[nH]c(=O)c12. The average molecular weight is 311 g/mol. The van der Waals surface area contributed by atoms with Crippen molar-refractivity contribution in [2.45, 2.75) is 38.3 Å². The fourth-order valence-electron chi connectivity index (χ4n) is 3.30. The van der Waals surface area contributed by atoms with E-state index < -0.39 is 6.10 Å². The third-order valence-electron chi connectivity index (χ3n) is 4.45. The molecule has 0 saturated heterocycles. The van der Waals surface area contributed by atoms with Crippen LogP contribution in [0, 0.1) is 6.92 Å². The normalized spacial score (nSPS) is 21.1. The lowest BCUT2D eigenvalue weighted by atomic mass is 10.2. The number of aliphatic hydroxyl groups is 1. The standard InChI is InChI=1S/C16H17N5O2/c1-9-13-15(21(20-9)11-3-2-4-12(11)22)18-14(19-16(13)23)10-5-7-17-8-6-10/h5-8,11-12,22H,2-4H2,1H3,(H,18,19,23). The predicted octanol–water partition coefficient (Wildman–Crippen LogP) is 1.58. The fourth-order valence-corrected chi connectivity index (χ4v) is 3.30. The van der Waals surface area contributed by atoms with Crippen molar-refractivity contribution in [3.63, 3.8) is 0 Å². The molecule has 1 aliphatic carbocycles. The molecule has 1 aliphatic rings. The molecule has 2 unspecified atom stereocenters. The zero-order chi connectivity index (χ0) is 16.0. The summed E-state index contributed by atoms with van der Waals surface area (Å²) >= 11 is 0. The Kier molecular flexibility index (Phi) is 3.23. The van der Waals surface area contributed by atoms with E-state index in [2.05, 4.69) is 20.1 Å². The largest absolute Gasteiger partial charge is 0.391 e. The van der Waals surface area contributed by atoms with Crippen molar-refractivity contribution in [3.05, 3.63) is 40.6 Å². The van der Waals surface area contributed by atoms with Gasteiger partial charge in [0.1, 0.15) is 11.2 Å². The molecular formula is C16H17N5O2. The maximum Gasteiger partial charge on any atom is 0.262 e. The van der Waals surface area contributed by atoms with E-state index in [4.69, 9.17) is 0 Å². The summed E-state index contributed by atoms with van der Waals surface area (Å²) in [4.78, 5) is 23.9. The zero-order valence-electron chi connectivity index (χ0n) is 12.7. The first-order valence-electron chi connectivity index (χ1n) is 7.73. The average Bonchev–Trinajstić information content (AvgIpc) is 3.11. The molecule has 7 nitrogen and oxygen atoms in total.